The SMILES string of the molecule is CC/C=C\C/C=C\C/C=C\C/C=C\C/C=C\C/C=C\CCCCCCCCC(=O)OCC(O)COP(=O)(O)OCC(O)COP(=O)(O)OCC(COC(=O)CCCCCCCCC/C=C\C/C=C\C/C=C\C/C=C\CCCCC)OC(=O)CCCCCCCCC/C=C\C/C=C\C/C=C\C/C=C\CCCCC. The lowest BCUT2D eigenvalue weighted by Crippen LogP contribution is -2.30. The fraction of sp³-hybridized carbons (Fsp3) is 0.652. The predicted octanol–water partition coefficient (Wildman–Crippen LogP) is 24.8. The first-order chi connectivity index (χ1) is 52.2. The molecule has 18 heteroatoms. The number of rotatable bonds is 77. The number of phosphoric ester groups is 2. The van der Waals surface area contributed by atoms with Crippen molar-refractivity contribution in [3.05, 3.63) is 170 Å². The molecule has 0 aromatic carbocycles. The Morgan fingerprint density at radius 3 is 0.785 bits per heavy atom. The Labute approximate surface area is 650 Å². The quantitative estimate of drug-likeness (QED) is 0.0146. The van der Waals surface area contributed by atoms with Gasteiger partial charge in [-0.3, -0.25) is 32.5 Å². The molecule has 0 rings (SSSR count). The van der Waals surface area contributed by atoms with Crippen molar-refractivity contribution in [1.29, 1.82) is 0 Å². The summed E-state index contributed by atoms with van der Waals surface area (Å²) in [6.45, 7) is 2.47. The lowest BCUT2D eigenvalue weighted by atomic mass is 10.1. The highest BCUT2D eigenvalue weighted by Gasteiger charge is 2.29. The summed E-state index contributed by atoms with van der Waals surface area (Å²) in [6, 6.07) is 0. The van der Waals surface area contributed by atoms with Crippen molar-refractivity contribution in [3.63, 3.8) is 0 Å². The zero-order chi connectivity index (χ0) is 78.0. The van der Waals surface area contributed by atoms with Crippen molar-refractivity contribution < 1.29 is 75.8 Å². The fourth-order valence-corrected chi connectivity index (χ4v) is 12.2. The van der Waals surface area contributed by atoms with Crippen molar-refractivity contribution in [2.45, 2.75) is 334 Å². The molecule has 5 unspecified atom stereocenters. The summed E-state index contributed by atoms with van der Waals surface area (Å²) < 4.78 is 61.3. The largest absolute Gasteiger partial charge is 0.472 e. The average molecular weight is 1540 g/mol. The molecule has 0 radical (unpaired) electrons. The van der Waals surface area contributed by atoms with Crippen LogP contribution in [0.5, 0.6) is 0 Å². The third-order valence-corrected chi connectivity index (χ3v) is 18.8. The molecular weight excluding hydrogens is 1390 g/mol. The molecule has 610 valence electrons. The predicted molar refractivity (Wildman–Crippen MR) is 445 cm³/mol. The van der Waals surface area contributed by atoms with Crippen LogP contribution < -0.4 is 0 Å². The molecule has 0 aliphatic carbocycles. The molecule has 0 aromatic heterocycles. The van der Waals surface area contributed by atoms with Gasteiger partial charge in [0.05, 0.1) is 26.4 Å². The number of carbonyl (C=O) groups is 3. The van der Waals surface area contributed by atoms with Gasteiger partial charge in [-0.1, -0.05) is 306 Å². The normalized spacial score (nSPS) is 14.8. The van der Waals surface area contributed by atoms with Gasteiger partial charge in [0, 0.05) is 19.3 Å². The van der Waals surface area contributed by atoms with Gasteiger partial charge in [0.25, 0.3) is 0 Å². The second kappa shape index (κ2) is 80.4. The van der Waals surface area contributed by atoms with E-state index in [-0.39, 0.29) is 19.3 Å². The van der Waals surface area contributed by atoms with Gasteiger partial charge in [-0.25, -0.2) is 9.13 Å². The van der Waals surface area contributed by atoms with Gasteiger partial charge >= 0.3 is 33.6 Å². The summed E-state index contributed by atoms with van der Waals surface area (Å²) in [4.78, 5) is 58.8. The topological polar surface area (TPSA) is 231 Å². The summed E-state index contributed by atoms with van der Waals surface area (Å²) in [5.41, 5.74) is 0. The minimum atomic E-state index is -4.95. The molecule has 0 amide bonds. The Morgan fingerprint density at radius 1 is 0.271 bits per heavy atom. The molecule has 0 bridgehead atoms. The number of hydrogen-bond acceptors (Lipinski definition) is 14. The van der Waals surface area contributed by atoms with E-state index in [4.69, 9.17) is 32.3 Å². The van der Waals surface area contributed by atoms with Crippen molar-refractivity contribution in [2.75, 3.05) is 39.6 Å². The van der Waals surface area contributed by atoms with E-state index in [2.05, 4.69) is 191 Å². The smallest absolute Gasteiger partial charge is 0.463 e. The van der Waals surface area contributed by atoms with Crippen molar-refractivity contribution in [2.24, 2.45) is 0 Å². The van der Waals surface area contributed by atoms with Crippen molar-refractivity contribution >= 4 is 33.6 Å². The summed E-state index contributed by atoms with van der Waals surface area (Å²) in [7, 11) is -9.82. The van der Waals surface area contributed by atoms with E-state index >= 15 is 0 Å². The molecule has 0 aliphatic rings. The Hall–Kier alpha value is -5.09. The second-order valence-corrected chi connectivity index (χ2v) is 30.1. The van der Waals surface area contributed by atoms with Gasteiger partial charge in [0.2, 0.25) is 0 Å². The molecule has 0 aromatic rings. The van der Waals surface area contributed by atoms with E-state index < -0.39 is 91.5 Å². The maximum Gasteiger partial charge on any atom is 0.472 e. The van der Waals surface area contributed by atoms with E-state index in [0.29, 0.717) is 19.3 Å². The lowest BCUT2D eigenvalue weighted by molar-refractivity contribution is -0.161. The number of carbonyl (C=O) groups excluding carboxylic acids is 3. The number of aliphatic hydroxyl groups is 2. The van der Waals surface area contributed by atoms with Gasteiger partial charge in [-0.15, -0.1) is 0 Å². The van der Waals surface area contributed by atoms with E-state index in [1.54, 1.807) is 0 Å². The molecule has 0 spiro atoms. The summed E-state index contributed by atoms with van der Waals surface area (Å²) in [6.07, 6.45) is 102. The maximum absolute atomic E-state index is 13.0. The average Bonchev–Trinajstić information content (AvgIpc) is 0.903. The molecule has 0 heterocycles. The number of allylic oxidation sites excluding steroid dienone is 28. The molecular formula is C89H148O16P2. The highest BCUT2D eigenvalue weighted by atomic mass is 31.2. The molecule has 0 fully saturated rings. The molecule has 107 heavy (non-hydrogen) atoms. The molecule has 5 atom stereocenters. The summed E-state index contributed by atoms with van der Waals surface area (Å²) >= 11 is 0. The van der Waals surface area contributed by atoms with Gasteiger partial charge in [-0.05, 0) is 161 Å². The highest BCUT2D eigenvalue weighted by molar-refractivity contribution is 7.47. The zero-order valence-corrected chi connectivity index (χ0v) is 68.5. The van der Waals surface area contributed by atoms with E-state index in [1.807, 2.05) is 0 Å². The van der Waals surface area contributed by atoms with Gasteiger partial charge in [0.1, 0.15) is 25.4 Å². The van der Waals surface area contributed by atoms with Crippen molar-refractivity contribution in [1.82, 2.24) is 0 Å². The fourth-order valence-electron chi connectivity index (χ4n) is 10.6. The Kier molecular flexibility index (Phi) is 76.6. The highest BCUT2D eigenvalue weighted by Crippen LogP contribution is 2.45. The number of esters is 3. The van der Waals surface area contributed by atoms with Crippen LogP contribution >= 0.6 is 15.6 Å². The minimum Gasteiger partial charge on any atom is -0.463 e. The third-order valence-electron chi connectivity index (χ3n) is 16.9. The first-order valence-corrected chi connectivity index (χ1v) is 44.4. The van der Waals surface area contributed by atoms with Crippen LogP contribution in [0.3, 0.4) is 0 Å². The van der Waals surface area contributed by atoms with Crippen LogP contribution in [0.4, 0.5) is 0 Å². The molecule has 0 aliphatic heterocycles. The molecule has 4 N–H and O–H groups in total. The van der Waals surface area contributed by atoms with E-state index in [9.17, 15) is 43.5 Å². The maximum atomic E-state index is 13.0. The summed E-state index contributed by atoms with van der Waals surface area (Å²) in [5, 5.41) is 20.7. The van der Waals surface area contributed by atoms with E-state index in [1.165, 1.54) is 51.4 Å². The second-order valence-electron chi connectivity index (χ2n) is 27.2. The third kappa shape index (κ3) is 81.7. The Morgan fingerprint density at radius 2 is 0.495 bits per heavy atom. The van der Waals surface area contributed by atoms with Crippen LogP contribution in [0, 0.1) is 0 Å². The van der Waals surface area contributed by atoms with Crippen LogP contribution in [-0.2, 0) is 55.8 Å². The van der Waals surface area contributed by atoms with Gasteiger partial charge in [-0.2, -0.15) is 0 Å². The van der Waals surface area contributed by atoms with Crippen molar-refractivity contribution in [3.8, 4) is 0 Å². The molecule has 0 saturated carbocycles. The van der Waals surface area contributed by atoms with Crippen LogP contribution in [-0.4, -0.2) is 95.9 Å². The van der Waals surface area contributed by atoms with Gasteiger partial charge in [0.15, 0.2) is 6.10 Å². The Bertz CT molecular complexity index is 2620. The number of unbranched alkanes of at least 4 members (excludes halogenated alkanes) is 26. The first kappa shape index (κ1) is 102. The first-order valence-electron chi connectivity index (χ1n) is 41.4. The number of hydrogen-bond donors (Lipinski definition) is 4. The molecule has 16 nitrogen and oxygen atoms in total. The monoisotopic (exact) mass is 1540 g/mol. The molecule has 0 saturated heterocycles. The number of aliphatic hydroxyl groups excluding tert-OH is 2. The summed E-state index contributed by atoms with van der Waals surface area (Å²) in [5.74, 6) is -1.62. The lowest BCUT2D eigenvalue weighted by Gasteiger charge is -2.21. The number of ether oxygens (including phenoxy) is 3. The number of phosphoric acid groups is 2. The van der Waals surface area contributed by atoms with Crippen LogP contribution in [0.25, 0.3) is 0 Å². The van der Waals surface area contributed by atoms with Crippen LogP contribution in [0.2, 0.25) is 0 Å². The van der Waals surface area contributed by atoms with E-state index in [0.717, 1.165) is 205 Å². The van der Waals surface area contributed by atoms with Crippen LogP contribution in [0.1, 0.15) is 316 Å². The standard InChI is InChI=1S/C89H148O16P2/c1-4-7-10-13-16-19-22-25-28-31-34-37-40-41-44-46-48-51-54-57-60-63-66-69-72-75-87(92)99-78-84(90)79-101-106(95,96)102-80-85(91)81-103-107(97,98)104-83-86(105-89(94)77-74-71-68-65-62-59-56-53-50-47-43-39-36-33-30-27-24-21-18-15-12-9-6-3)82-100-88(93)76-73-70-67-64-61-58-55-52-49-45-42-38-35-32-29-26-23-20-17-14-11-8-5-2/h7,10,16-21,25-30,34-39,41,44-45,47-51,84-86,90-91H,4-6,8-9,11-15,22-24,31-33,40,42-43,46,52-83H2,1-3H3,(H,95,96)(H,97,98)/b10-7-,19-16-,20-17-,21-18-,28-25-,29-26-,30-27-,37-34-,38-35-,39-36-,44-41-,49-45-,50-47-,51-48-. The van der Waals surface area contributed by atoms with Crippen LogP contribution in [0.15, 0.2) is 170 Å². The van der Waals surface area contributed by atoms with Gasteiger partial charge < -0.3 is 34.2 Å². The minimum absolute atomic E-state index is 0.0835. The Balaban J connectivity index is 4.75. The zero-order valence-electron chi connectivity index (χ0n) is 66.7.